The average molecular weight is 552 g/mol. The molecule has 0 unspecified atom stereocenters. The molecule has 5 N–H and O–H groups in total. The maximum atomic E-state index is 13.2. The Morgan fingerprint density at radius 2 is 1.77 bits per heavy atom. The highest BCUT2D eigenvalue weighted by Crippen LogP contribution is 2.33. The Balaban J connectivity index is 1.75. The zero-order valence-corrected chi connectivity index (χ0v) is 22.5. The lowest BCUT2D eigenvalue weighted by atomic mass is 10.00. The minimum absolute atomic E-state index is 0.111. The fraction of sp³-hybridized carbons (Fsp3) is 0.222. The van der Waals surface area contributed by atoms with Gasteiger partial charge in [-0.3, -0.25) is 19.1 Å². The van der Waals surface area contributed by atoms with Gasteiger partial charge in [-0.2, -0.15) is 5.10 Å². The number of nitrogens with zero attached hydrogens (tertiary/aromatic N) is 2. The third-order valence-corrected chi connectivity index (χ3v) is 6.88. The number of anilines is 1. The van der Waals surface area contributed by atoms with E-state index in [0.29, 0.717) is 40.9 Å². The van der Waals surface area contributed by atoms with Crippen molar-refractivity contribution >= 4 is 38.4 Å². The van der Waals surface area contributed by atoms with Crippen molar-refractivity contribution in [3.05, 3.63) is 78.0 Å². The number of aryl methyl sites for hydroxylation is 1. The molecule has 204 valence electrons. The quantitative estimate of drug-likeness (QED) is 0.232. The highest BCUT2D eigenvalue weighted by molar-refractivity contribution is 7.89. The normalized spacial score (nSPS) is 11.9. The van der Waals surface area contributed by atoms with Gasteiger partial charge < -0.3 is 10.4 Å². The molecule has 4 rings (SSSR count). The molecule has 3 aromatic carbocycles. The summed E-state index contributed by atoms with van der Waals surface area (Å²) in [6.45, 7) is 3.94. The van der Waals surface area contributed by atoms with Gasteiger partial charge >= 0.3 is 0 Å². The van der Waals surface area contributed by atoms with E-state index in [9.17, 15) is 23.1 Å². The number of aliphatic hydroxyl groups is 1. The highest BCUT2D eigenvalue weighted by Gasteiger charge is 2.18. The SMILES string of the molecule is CONC(=O)c1ccc(-c2cc3nn(CCC(C)(C)O)cc3cc2NC(=O)c2cccc(S(N)(=O)=O)c2)cc1. The van der Waals surface area contributed by atoms with Crippen LogP contribution in [0.15, 0.2) is 71.8 Å². The van der Waals surface area contributed by atoms with Crippen LogP contribution in [0.4, 0.5) is 5.69 Å². The molecule has 0 spiro atoms. The van der Waals surface area contributed by atoms with Crippen molar-refractivity contribution in [2.45, 2.75) is 37.3 Å². The predicted octanol–water partition coefficient (Wildman–Crippen LogP) is 3.06. The summed E-state index contributed by atoms with van der Waals surface area (Å²) in [5.41, 5.74) is 4.34. The molecule has 4 aromatic rings. The Hall–Kier alpha value is -4.10. The van der Waals surface area contributed by atoms with Crippen LogP contribution < -0.4 is 15.9 Å². The zero-order valence-electron chi connectivity index (χ0n) is 21.6. The lowest BCUT2D eigenvalue weighted by Crippen LogP contribution is -2.21. The van der Waals surface area contributed by atoms with Gasteiger partial charge in [-0.15, -0.1) is 0 Å². The number of primary sulfonamides is 1. The van der Waals surface area contributed by atoms with E-state index in [1.165, 1.54) is 31.4 Å². The van der Waals surface area contributed by atoms with Crippen molar-refractivity contribution in [3.63, 3.8) is 0 Å². The maximum absolute atomic E-state index is 13.2. The first-order chi connectivity index (χ1) is 18.3. The van der Waals surface area contributed by atoms with Gasteiger partial charge in [-0.05, 0) is 68.3 Å². The first-order valence-electron chi connectivity index (χ1n) is 12.0. The zero-order chi connectivity index (χ0) is 28.4. The van der Waals surface area contributed by atoms with Gasteiger partial charge in [0, 0.05) is 40.5 Å². The lowest BCUT2D eigenvalue weighted by Gasteiger charge is -2.16. The van der Waals surface area contributed by atoms with Crippen LogP contribution in [0.2, 0.25) is 0 Å². The lowest BCUT2D eigenvalue weighted by molar-refractivity contribution is 0.0537. The van der Waals surface area contributed by atoms with Gasteiger partial charge in [0.15, 0.2) is 0 Å². The summed E-state index contributed by atoms with van der Waals surface area (Å²) in [5, 5.41) is 23.6. The van der Waals surface area contributed by atoms with Crippen LogP contribution in [0.25, 0.3) is 22.0 Å². The summed E-state index contributed by atoms with van der Waals surface area (Å²) >= 11 is 0. The van der Waals surface area contributed by atoms with Crippen LogP contribution in [0.5, 0.6) is 0 Å². The Labute approximate surface area is 225 Å². The molecule has 1 aromatic heterocycles. The van der Waals surface area contributed by atoms with E-state index in [2.05, 4.69) is 20.7 Å². The van der Waals surface area contributed by atoms with Gasteiger partial charge in [-0.25, -0.2) is 19.0 Å². The predicted molar refractivity (Wildman–Crippen MR) is 146 cm³/mol. The first-order valence-corrected chi connectivity index (χ1v) is 13.5. The van der Waals surface area contributed by atoms with Crippen LogP contribution in [0.1, 0.15) is 41.0 Å². The number of rotatable bonds is 9. The van der Waals surface area contributed by atoms with Crippen molar-refractivity contribution in [2.24, 2.45) is 5.14 Å². The molecule has 0 aliphatic carbocycles. The minimum atomic E-state index is -3.99. The van der Waals surface area contributed by atoms with Crippen LogP contribution in [0, 0.1) is 0 Å². The molecule has 39 heavy (non-hydrogen) atoms. The molecular weight excluding hydrogens is 522 g/mol. The minimum Gasteiger partial charge on any atom is -0.390 e. The third-order valence-electron chi connectivity index (χ3n) is 5.97. The van der Waals surface area contributed by atoms with Crippen LogP contribution in [-0.4, -0.2) is 47.8 Å². The molecule has 0 aliphatic rings. The van der Waals surface area contributed by atoms with Crippen LogP contribution in [-0.2, 0) is 21.4 Å². The number of benzene rings is 3. The number of hydrogen-bond acceptors (Lipinski definition) is 7. The third kappa shape index (κ3) is 6.86. The van der Waals surface area contributed by atoms with Gasteiger partial charge in [0.2, 0.25) is 10.0 Å². The van der Waals surface area contributed by atoms with Gasteiger partial charge in [0.1, 0.15) is 0 Å². The second kappa shape index (κ2) is 10.9. The van der Waals surface area contributed by atoms with E-state index < -0.39 is 27.4 Å². The number of nitrogens with one attached hydrogen (secondary N) is 2. The topological polar surface area (TPSA) is 166 Å². The number of hydrogen-bond donors (Lipinski definition) is 4. The fourth-order valence-corrected chi connectivity index (χ4v) is 4.49. The van der Waals surface area contributed by atoms with Crippen molar-refractivity contribution in [1.82, 2.24) is 15.3 Å². The summed E-state index contributed by atoms with van der Waals surface area (Å²) < 4.78 is 25.3. The van der Waals surface area contributed by atoms with E-state index in [1.54, 1.807) is 48.9 Å². The van der Waals surface area contributed by atoms with Crippen LogP contribution in [0.3, 0.4) is 0 Å². The molecule has 2 amide bonds. The van der Waals surface area contributed by atoms with Gasteiger partial charge in [0.25, 0.3) is 11.8 Å². The Bertz CT molecular complexity index is 1640. The van der Waals surface area contributed by atoms with Crippen molar-refractivity contribution < 1.29 is 28.0 Å². The summed E-state index contributed by atoms with van der Waals surface area (Å²) in [7, 11) is -2.65. The Morgan fingerprint density at radius 1 is 1.05 bits per heavy atom. The summed E-state index contributed by atoms with van der Waals surface area (Å²) in [6, 6.07) is 15.7. The molecule has 0 fully saturated rings. The maximum Gasteiger partial charge on any atom is 0.274 e. The number of carbonyl (C=O) groups excluding carboxylic acids is 2. The molecule has 0 saturated heterocycles. The van der Waals surface area contributed by atoms with E-state index in [4.69, 9.17) is 5.14 Å². The van der Waals surface area contributed by atoms with Crippen molar-refractivity contribution in [2.75, 3.05) is 12.4 Å². The Morgan fingerprint density at radius 3 is 2.41 bits per heavy atom. The Kier molecular flexibility index (Phi) is 7.84. The number of amides is 2. The summed E-state index contributed by atoms with van der Waals surface area (Å²) in [5.74, 6) is -0.945. The fourth-order valence-electron chi connectivity index (χ4n) is 3.93. The van der Waals surface area contributed by atoms with Gasteiger partial charge in [0.05, 0.1) is 23.1 Å². The average Bonchev–Trinajstić information content (AvgIpc) is 3.28. The number of sulfonamides is 1. The summed E-state index contributed by atoms with van der Waals surface area (Å²) in [6.07, 6.45) is 2.31. The summed E-state index contributed by atoms with van der Waals surface area (Å²) in [4.78, 5) is 29.8. The second-order valence-electron chi connectivity index (χ2n) is 9.65. The smallest absolute Gasteiger partial charge is 0.274 e. The second-order valence-corrected chi connectivity index (χ2v) is 11.2. The molecule has 0 atom stereocenters. The first kappa shape index (κ1) is 27.9. The van der Waals surface area contributed by atoms with E-state index in [-0.39, 0.29) is 10.5 Å². The molecule has 0 saturated carbocycles. The van der Waals surface area contributed by atoms with Gasteiger partial charge in [-0.1, -0.05) is 18.2 Å². The number of hydroxylamine groups is 1. The number of nitrogens with two attached hydrogens (primary N) is 1. The molecule has 1 heterocycles. The number of carbonyl (C=O) groups is 2. The van der Waals surface area contributed by atoms with Crippen molar-refractivity contribution in [1.29, 1.82) is 0 Å². The highest BCUT2D eigenvalue weighted by atomic mass is 32.2. The van der Waals surface area contributed by atoms with Crippen molar-refractivity contribution in [3.8, 4) is 11.1 Å². The number of aromatic nitrogens is 2. The standard InChI is InChI=1S/C27H29N5O6S/c1-27(2,35)11-12-32-16-20-14-24(29-25(33)19-5-4-6-21(13-19)39(28,36)37)22(15-23(20)30-32)17-7-9-18(10-8-17)26(34)31-38-3/h4-10,13-16,35H,11-12H2,1-3H3,(H,29,33)(H,31,34)(H2,28,36,37). The number of fused-ring (bicyclic) bond motifs is 1. The van der Waals surface area contributed by atoms with Crippen LogP contribution >= 0.6 is 0 Å². The molecule has 12 heteroatoms. The molecule has 0 radical (unpaired) electrons. The van der Waals surface area contributed by atoms with E-state index >= 15 is 0 Å². The molecule has 0 bridgehead atoms. The monoisotopic (exact) mass is 551 g/mol. The molecule has 0 aliphatic heterocycles. The largest absolute Gasteiger partial charge is 0.390 e. The molecule has 11 nitrogen and oxygen atoms in total. The van der Waals surface area contributed by atoms with E-state index in [1.807, 2.05) is 12.3 Å². The molecular formula is C27H29N5O6S. The van der Waals surface area contributed by atoms with E-state index in [0.717, 1.165) is 5.39 Å².